The lowest BCUT2D eigenvalue weighted by Crippen LogP contribution is -2.00. The second kappa shape index (κ2) is 4.68. The third kappa shape index (κ3) is 2.74. The first-order valence-corrected chi connectivity index (χ1v) is 6.74. The highest BCUT2D eigenvalue weighted by Crippen LogP contribution is 2.38. The smallest absolute Gasteiger partial charge is 0.0412 e. The molecule has 0 nitrogen and oxygen atoms in total. The molecule has 2 fully saturated rings. The molecular formula is C14H26. The summed E-state index contributed by atoms with van der Waals surface area (Å²) in [5, 5.41) is 0. The average molecular weight is 194 g/mol. The van der Waals surface area contributed by atoms with E-state index in [1.807, 2.05) is 0 Å². The van der Waals surface area contributed by atoms with Crippen LogP contribution in [-0.4, -0.2) is 0 Å². The molecule has 4 unspecified atom stereocenters. The molecule has 0 spiro atoms. The first kappa shape index (κ1) is 10.5. The van der Waals surface area contributed by atoms with Crippen LogP contribution in [0.4, 0.5) is 0 Å². The molecule has 2 aliphatic carbocycles. The molecule has 0 heterocycles. The topological polar surface area (TPSA) is 0 Å². The summed E-state index contributed by atoms with van der Waals surface area (Å²) in [7, 11) is 0. The molecule has 2 rings (SSSR count). The minimum atomic E-state index is 1.03. The van der Waals surface area contributed by atoms with Crippen molar-refractivity contribution in [3.8, 4) is 0 Å². The molecule has 2 saturated carbocycles. The van der Waals surface area contributed by atoms with E-state index < -0.39 is 0 Å². The molecule has 0 N–H and O–H groups in total. The summed E-state index contributed by atoms with van der Waals surface area (Å²) in [6, 6.07) is 0. The third-order valence-electron chi connectivity index (χ3n) is 4.59. The van der Waals surface area contributed by atoms with E-state index in [0.29, 0.717) is 0 Å². The van der Waals surface area contributed by atoms with Crippen LogP contribution in [0.1, 0.15) is 65.2 Å². The second-order valence-corrected chi connectivity index (χ2v) is 6.15. The second-order valence-electron chi connectivity index (χ2n) is 6.15. The Morgan fingerprint density at radius 2 is 1.14 bits per heavy atom. The van der Waals surface area contributed by atoms with Gasteiger partial charge in [0.1, 0.15) is 0 Å². The maximum absolute atomic E-state index is 2.43. The minimum absolute atomic E-state index is 1.03. The summed E-state index contributed by atoms with van der Waals surface area (Å²) in [4.78, 5) is 0. The summed E-state index contributed by atoms with van der Waals surface area (Å²) in [6.07, 6.45) is 12.2. The van der Waals surface area contributed by atoms with Crippen molar-refractivity contribution < 1.29 is 0 Å². The molecule has 0 heteroatoms. The van der Waals surface area contributed by atoms with Gasteiger partial charge in [-0.3, -0.25) is 0 Å². The van der Waals surface area contributed by atoms with Gasteiger partial charge in [-0.2, -0.15) is 0 Å². The van der Waals surface area contributed by atoms with Gasteiger partial charge in [-0.25, -0.2) is 0 Å². The van der Waals surface area contributed by atoms with Gasteiger partial charge in [0.05, 0.1) is 0 Å². The van der Waals surface area contributed by atoms with Crippen LogP contribution in [-0.2, 0) is 0 Å². The number of rotatable bonds is 3. The van der Waals surface area contributed by atoms with Crippen molar-refractivity contribution in [1.82, 2.24) is 0 Å². The lowest BCUT2D eigenvalue weighted by molar-refractivity contribution is 0.388. The molecular weight excluding hydrogens is 168 g/mol. The first-order chi connectivity index (χ1) is 6.74. The first-order valence-electron chi connectivity index (χ1n) is 6.74. The Bertz CT molecular complexity index is 153. The van der Waals surface area contributed by atoms with Gasteiger partial charge in [-0.1, -0.05) is 52.4 Å². The molecule has 0 amide bonds. The Hall–Kier alpha value is 0. The van der Waals surface area contributed by atoms with Crippen molar-refractivity contribution in [2.24, 2.45) is 23.7 Å². The van der Waals surface area contributed by atoms with Crippen molar-refractivity contribution in [2.75, 3.05) is 0 Å². The Morgan fingerprint density at radius 1 is 0.714 bits per heavy atom. The van der Waals surface area contributed by atoms with E-state index in [-0.39, 0.29) is 0 Å². The van der Waals surface area contributed by atoms with Crippen LogP contribution in [0.15, 0.2) is 0 Å². The molecule has 14 heavy (non-hydrogen) atoms. The van der Waals surface area contributed by atoms with Gasteiger partial charge < -0.3 is 0 Å². The Kier molecular flexibility index (Phi) is 3.52. The third-order valence-corrected chi connectivity index (χ3v) is 4.59. The van der Waals surface area contributed by atoms with Gasteiger partial charge in [0.25, 0.3) is 0 Å². The standard InChI is InChI=1S/C14H26/c1-11-3-5-13(9-11)7-8-14-6-4-12(2)10-14/h11-14H,3-10H2,1-2H3. The SMILES string of the molecule is CC1CCC(CCC2CCC(C)C2)C1. The lowest BCUT2D eigenvalue weighted by Gasteiger charge is -2.13. The average Bonchev–Trinajstić information content (AvgIpc) is 2.72. The van der Waals surface area contributed by atoms with Crippen LogP contribution >= 0.6 is 0 Å². The van der Waals surface area contributed by atoms with Gasteiger partial charge in [0.15, 0.2) is 0 Å². The predicted molar refractivity (Wildman–Crippen MR) is 62.2 cm³/mol. The molecule has 0 aliphatic heterocycles. The molecule has 4 atom stereocenters. The summed E-state index contributed by atoms with van der Waals surface area (Å²) < 4.78 is 0. The summed E-state index contributed by atoms with van der Waals surface area (Å²) >= 11 is 0. The largest absolute Gasteiger partial charge is 0.0625 e. The van der Waals surface area contributed by atoms with Gasteiger partial charge >= 0.3 is 0 Å². The highest BCUT2D eigenvalue weighted by molar-refractivity contribution is 4.77. The molecule has 2 aliphatic rings. The normalized spacial score (nSPS) is 43.3. The summed E-state index contributed by atoms with van der Waals surface area (Å²) in [6.45, 7) is 4.86. The Labute approximate surface area is 89.5 Å². The molecule has 0 bridgehead atoms. The van der Waals surface area contributed by atoms with Crippen LogP contribution in [0, 0.1) is 23.7 Å². The molecule has 0 saturated heterocycles. The summed E-state index contributed by atoms with van der Waals surface area (Å²) in [5.41, 5.74) is 0. The molecule has 0 aromatic heterocycles. The monoisotopic (exact) mass is 194 g/mol. The quantitative estimate of drug-likeness (QED) is 0.614. The lowest BCUT2D eigenvalue weighted by atomic mass is 9.93. The van der Waals surface area contributed by atoms with Crippen molar-refractivity contribution in [3.63, 3.8) is 0 Å². The van der Waals surface area contributed by atoms with E-state index in [4.69, 9.17) is 0 Å². The minimum Gasteiger partial charge on any atom is -0.0625 e. The van der Waals surface area contributed by atoms with E-state index in [2.05, 4.69) is 13.8 Å². The van der Waals surface area contributed by atoms with E-state index in [9.17, 15) is 0 Å². The fraction of sp³-hybridized carbons (Fsp3) is 1.00. The fourth-order valence-corrected chi connectivity index (χ4v) is 3.65. The van der Waals surface area contributed by atoms with E-state index >= 15 is 0 Å². The van der Waals surface area contributed by atoms with Crippen molar-refractivity contribution in [3.05, 3.63) is 0 Å². The van der Waals surface area contributed by atoms with Crippen LogP contribution in [0.3, 0.4) is 0 Å². The van der Waals surface area contributed by atoms with Gasteiger partial charge in [0, 0.05) is 0 Å². The molecule has 82 valence electrons. The van der Waals surface area contributed by atoms with Gasteiger partial charge in [-0.15, -0.1) is 0 Å². The van der Waals surface area contributed by atoms with Gasteiger partial charge in [-0.05, 0) is 36.5 Å². The Balaban J connectivity index is 1.63. The molecule has 0 aromatic carbocycles. The zero-order valence-electron chi connectivity index (χ0n) is 9.97. The van der Waals surface area contributed by atoms with Crippen molar-refractivity contribution in [1.29, 1.82) is 0 Å². The predicted octanol–water partition coefficient (Wildman–Crippen LogP) is 4.64. The van der Waals surface area contributed by atoms with Crippen LogP contribution in [0.25, 0.3) is 0 Å². The van der Waals surface area contributed by atoms with E-state index in [0.717, 1.165) is 23.7 Å². The van der Waals surface area contributed by atoms with Crippen molar-refractivity contribution in [2.45, 2.75) is 65.2 Å². The van der Waals surface area contributed by atoms with Crippen LogP contribution in [0.5, 0.6) is 0 Å². The summed E-state index contributed by atoms with van der Waals surface area (Å²) in [5.74, 6) is 4.26. The van der Waals surface area contributed by atoms with Gasteiger partial charge in [0.2, 0.25) is 0 Å². The molecule has 0 radical (unpaired) electrons. The Morgan fingerprint density at radius 3 is 1.43 bits per heavy atom. The highest BCUT2D eigenvalue weighted by Gasteiger charge is 2.25. The van der Waals surface area contributed by atoms with E-state index in [1.54, 1.807) is 12.8 Å². The molecule has 0 aromatic rings. The maximum atomic E-state index is 2.43. The van der Waals surface area contributed by atoms with Crippen LogP contribution in [0.2, 0.25) is 0 Å². The van der Waals surface area contributed by atoms with Crippen LogP contribution < -0.4 is 0 Å². The van der Waals surface area contributed by atoms with E-state index in [1.165, 1.54) is 38.5 Å². The zero-order chi connectivity index (χ0) is 9.97. The highest BCUT2D eigenvalue weighted by atomic mass is 14.3. The zero-order valence-corrected chi connectivity index (χ0v) is 9.97. The maximum Gasteiger partial charge on any atom is -0.0412 e. The fourth-order valence-electron chi connectivity index (χ4n) is 3.65. The number of hydrogen-bond acceptors (Lipinski definition) is 0. The van der Waals surface area contributed by atoms with Crippen molar-refractivity contribution >= 4 is 0 Å². The number of hydrogen-bond donors (Lipinski definition) is 0.